The van der Waals surface area contributed by atoms with Gasteiger partial charge < -0.3 is 9.64 Å². The van der Waals surface area contributed by atoms with Crippen molar-refractivity contribution in [3.05, 3.63) is 41.9 Å². The van der Waals surface area contributed by atoms with Crippen molar-refractivity contribution >= 4 is 5.91 Å². The normalized spacial score (nSPS) is 21.3. The van der Waals surface area contributed by atoms with Crippen molar-refractivity contribution in [2.24, 2.45) is 0 Å². The number of ether oxygens (including phenoxy) is 1. The second kappa shape index (κ2) is 12.8. The number of hydrogen-bond acceptors (Lipinski definition) is 5. The Balaban J connectivity index is 0.000000618. The third-order valence-electron chi connectivity index (χ3n) is 6.20. The van der Waals surface area contributed by atoms with E-state index in [4.69, 9.17) is 9.72 Å². The largest absolute Gasteiger partial charge is 0.475 e. The van der Waals surface area contributed by atoms with Gasteiger partial charge in [0.1, 0.15) is 5.54 Å². The highest BCUT2D eigenvalue weighted by Crippen LogP contribution is 2.39. The van der Waals surface area contributed by atoms with Crippen LogP contribution in [-0.4, -0.2) is 46.0 Å². The number of nitrogens with zero attached hydrogens (tertiary/aromatic N) is 3. The van der Waals surface area contributed by atoms with E-state index in [0.29, 0.717) is 5.88 Å². The monoisotopic (exact) mass is 468 g/mol. The molecule has 2 atom stereocenters. The van der Waals surface area contributed by atoms with Crippen molar-refractivity contribution < 1.29 is 9.53 Å². The molecule has 1 spiro atoms. The number of amides is 1. The zero-order valence-electron chi connectivity index (χ0n) is 22.4. The van der Waals surface area contributed by atoms with Crippen molar-refractivity contribution in [2.45, 2.75) is 98.3 Å². The lowest BCUT2D eigenvalue weighted by Crippen LogP contribution is -2.47. The number of carbonyl (C=O) groups is 1. The minimum absolute atomic E-state index is 0.102. The van der Waals surface area contributed by atoms with Crippen LogP contribution in [0.1, 0.15) is 91.1 Å². The van der Waals surface area contributed by atoms with Gasteiger partial charge in [-0.15, -0.1) is 0 Å². The van der Waals surface area contributed by atoms with Gasteiger partial charge in [-0.3, -0.25) is 15.1 Å². The Morgan fingerprint density at radius 2 is 1.85 bits per heavy atom. The number of rotatable bonds is 5. The summed E-state index contributed by atoms with van der Waals surface area (Å²) in [5.74, 6) is 0.848. The molecule has 4 rings (SSSR count). The second-order valence-electron chi connectivity index (χ2n) is 9.27. The fourth-order valence-electron chi connectivity index (χ4n) is 4.29. The Bertz CT molecular complexity index is 911. The lowest BCUT2D eigenvalue weighted by Gasteiger charge is -2.23. The molecule has 0 aliphatic carbocycles. The lowest BCUT2D eigenvalue weighted by atomic mass is 9.96. The van der Waals surface area contributed by atoms with E-state index in [-0.39, 0.29) is 18.1 Å². The maximum absolute atomic E-state index is 12.6. The maximum atomic E-state index is 12.6. The van der Waals surface area contributed by atoms with Crippen LogP contribution in [-0.2, 0) is 4.79 Å². The van der Waals surface area contributed by atoms with Crippen LogP contribution >= 0.6 is 0 Å². The van der Waals surface area contributed by atoms with Crippen LogP contribution in [0.25, 0.3) is 11.1 Å². The van der Waals surface area contributed by atoms with Crippen LogP contribution in [0.15, 0.2) is 30.5 Å². The highest BCUT2D eigenvalue weighted by molar-refractivity contribution is 5.88. The topological polar surface area (TPSA) is 67.3 Å². The molecule has 6 heteroatoms. The summed E-state index contributed by atoms with van der Waals surface area (Å²) < 4.78 is 5.64. The van der Waals surface area contributed by atoms with E-state index >= 15 is 0 Å². The standard InChI is InChI=1S/C22H28N4O2.C4H10.C2H6/c1-14(2)28-20-6-5-16(13-23-20)17-11-15(3)24-19(12-17)18-7-8-22(25-18)9-10-26(4)21(22)27;1-3-4-2;1-2/h5-6,11-14,18,25H,7-10H2,1-4H3;3-4H2,1-2H3;1-2H3/t18-,22+;;/m0../s1. The highest BCUT2D eigenvalue weighted by Gasteiger charge is 2.50. The molecular weight excluding hydrogens is 424 g/mol. The molecule has 188 valence electrons. The molecule has 2 fully saturated rings. The van der Waals surface area contributed by atoms with Crippen LogP contribution in [0.2, 0.25) is 0 Å². The number of likely N-dealkylation sites (N-methyl/N-ethyl adjacent to an activating group) is 1. The number of hydrogen-bond donors (Lipinski definition) is 1. The molecule has 2 aliphatic heterocycles. The third-order valence-corrected chi connectivity index (χ3v) is 6.20. The van der Waals surface area contributed by atoms with E-state index < -0.39 is 5.54 Å². The van der Waals surface area contributed by atoms with Gasteiger partial charge in [0.2, 0.25) is 11.8 Å². The van der Waals surface area contributed by atoms with E-state index in [2.05, 4.69) is 36.3 Å². The quantitative estimate of drug-likeness (QED) is 0.574. The van der Waals surface area contributed by atoms with E-state index in [1.165, 1.54) is 12.8 Å². The Morgan fingerprint density at radius 1 is 1.15 bits per heavy atom. The summed E-state index contributed by atoms with van der Waals surface area (Å²) in [6, 6.07) is 8.23. The fraction of sp³-hybridized carbons (Fsp3) is 0.607. The molecule has 4 heterocycles. The van der Waals surface area contributed by atoms with Gasteiger partial charge in [-0.05, 0) is 63.8 Å². The molecule has 34 heavy (non-hydrogen) atoms. The van der Waals surface area contributed by atoms with Gasteiger partial charge in [0, 0.05) is 37.1 Å². The van der Waals surface area contributed by atoms with Crippen LogP contribution in [0.3, 0.4) is 0 Å². The first-order chi connectivity index (χ1) is 16.3. The Labute approximate surface area is 206 Å². The van der Waals surface area contributed by atoms with Gasteiger partial charge in [0.25, 0.3) is 0 Å². The lowest BCUT2D eigenvalue weighted by molar-refractivity contribution is -0.131. The summed E-state index contributed by atoms with van der Waals surface area (Å²) in [6.07, 6.45) is 7.25. The molecule has 0 unspecified atom stereocenters. The van der Waals surface area contributed by atoms with Gasteiger partial charge >= 0.3 is 0 Å². The highest BCUT2D eigenvalue weighted by atomic mass is 16.5. The molecule has 0 bridgehead atoms. The number of aromatic nitrogens is 2. The number of aryl methyl sites for hydroxylation is 1. The number of unbranched alkanes of at least 4 members (excludes halogenated alkanes) is 1. The van der Waals surface area contributed by atoms with Crippen molar-refractivity contribution in [2.75, 3.05) is 13.6 Å². The van der Waals surface area contributed by atoms with Gasteiger partial charge in [-0.1, -0.05) is 40.5 Å². The van der Waals surface area contributed by atoms with Crippen molar-refractivity contribution in [3.8, 4) is 17.0 Å². The van der Waals surface area contributed by atoms with Crippen molar-refractivity contribution in [3.63, 3.8) is 0 Å². The number of pyridine rings is 2. The molecule has 2 aliphatic rings. The fourth-order valence-corrected chi connectivity index (χ4v) is 4.29. The zero-order valence-corrected chi connectivity index (χ0v) is 22.4. The van der Waals surface area contributed by atoms with E-state index in [1.807, 2.05) is 64.9 Å². The van der Waals surface area contributed by atoms with Gasteiger partial charge in [-0.2, -0.15) is 0 Å². The predicted molar refractivity (Wildman–Crippen MR) is 140 cm³/mol. The minimum Gasteiger partial charge on any atom is -0.475 e. The first-order valence-corrected chi connectivity index (χ1v) is 12.9. The Morgan fingerprint density at radius 3 is 2.38 bits per heavy atom. The summed E-state index contributed by atoms with van der Waals surface area (Å²) in [7, 11) is 1.88. The molecule has 0 aromatic carbocycles. The number of carbonyl (C=O) groups excluding carboxylic acids is 1. The summed E-state index contributed by atoms with van der Waals surface area (Å²) >= 11 is 0. The molecule has 0 saturated carbocycles. The first-order valence-electron chi connectivity index (χ1n) is 12.9. The molecule has 2 aromatic rings. The third kappa shape index (κ3) is 6.78. The van der Waals surface area contributed by atoms with Crippen LogP contribution in [0, 0.1) is 6.92 Å². The smallest absolute Gasteiger partial charge is 0.242 e. The Hall–Kier alpha value is -2.47. The average molecular weight is 469 g/mol. The van der Waals surface area contributed by atoms with Crippen molar-refractivity contribution in [1.82, 2.24) is 20.2 Å². The van der Waals surface area contributed by atoms with Crippen molar-refractivity contribution in [1.29, 1.82) is 0 Å². The maximum Gasteiger partial charge on any atom is 0.242 e. The van der Waals surface area contributed by atoms with Gasteiger partial charge in [0.05, 0.1) is 17.8 Å². The minimum atomic E-state index is -0.400. The van der Waals surface area contributed by atoms with Gasteiger partial charge in [-0.25, -0.2) is 4.98 Å². The molecule has 6 nitrogen and oxygen atoms in total. The van der Waals surface area contributed by atoms with E-state index in [1.54, 1.807) is 0 Å². The molecular formula is C28H44N4O2. The predicted octanol–water partition coefficient (Wildman–Crippen LogP) is 6.10. The van der Waals surface area contributed by atoms with E-state index in [9.17, 15) is 4.79 Å². The molecule has 1 amide bonds. The summed E-state index contributed by atoms with van der Waals surface area (Å²) in [5, 5.41) is 3.61. The molecule has 1 N–H and O–H groups in total. The molecule has 2 aromatic heterocycles. The molecule has 2 saturated heterocycles. The summed E-state index contributed by atoms with van der Waals surface area (Å²) in [6.45, 7) is 15.2. The SMILES string of the molecule is CC.CCCC.Cc1cc(-c2ccc(OC(C)C)nc2)cc([C@@H]2CC[C@]3(CCN(C)C3=O)N2)n1. The van der Waals surface area contributed by atoms with Gasteiger partial charge in [0.15, 0.2) is 0 Å². The Kier molecular flexibility index (Phi) is 10.5. The average Bonchev–Trinajstić information content (AvgIpc) is 3.40. The zero-order chi connectivity index (χ0) is 25.3. The second-order valence-corrected chi connectivity index (χ2v) is 9.27. The first kappa shape index (κ1) is 27.8. The van der Waals surface area contributed by atoms with Crippen LogP contribution in [0.5, 0.6) is 5.88 Å². The number of likely N-dealkylation sites (tertiary alicyclic amines) is 1. The van der Waals surface area contributed by atoms with E-state index in [0.717, 1.165) is 48.3 Å². The number of nitrogens with one attached hydrogen (secondary N) is 1. The van der Waals surface area contributed by atoms with Crippen LogP contribution < -0.4 is 10.1 Å². The summed E-state index contributed by atoms with van der Waals surface area (Å²) in [5.41, 5.74) is 3.68. The van der Waals surface area contributed by atoms with Crippen LogP contribution in [0.4, 0.5) is 0 Å². The summed E-state index contributed by atoms with van der Waals surface area (Å²) in [4.78, 5) is 23.6. The molecule has 0 radical (unpaired) electrons.